The number of carbonyl (C=O) groups is 1. The fraction of sp³-hybridized carbons (Fsp3) is 0.444. The minimum atomic E-state index is 0.131. The number of aromatic nitrogens is 2. The second kappa shape index (κ2) is 5.95. The van der Waals surface area contributed by atoms with Crippen molar-refractivity contribution in [1.82, 2.24) is 14.7 Å². The molecule has 1 aromatic carbocycles. The molecule has 0 spiro atoms. The zero-order chi connectivity index (χ0) is 15.7. The fourth-order valence-corrected chi connectivity index (χ4v) is 2.68. The molecule has 1 aliphatic rings. The Hall–Kier alpha value is -2.10. The second-order valence-electron chi connectivity index (χ2n) is 6.39. The van der Waals surface area contributed by atoms with Gasteiger partial charge in [0.25, 0.3) is 5.91 Å². The molecule has 1 saturated carbocycles. The SMILES string of the molecule is CC(C)c1cccc(C(=O)N(Cc2ccnn2C)C2CC2)c1. The van der Waals surface area contributed by atoms with Crippen LogP contribution in [-0.2, 0) is 13.6 Å². The highest BCUT2D eigenvalue weighted by Crippen LogP contribution is 2.30. The van der Waals surface area contributed by atoms with Gasteiger partial charge in [-0.25, -0.2) is 0 Å². The van der Waals surface area contributed by atoms with Crippen molar-refractivity contribution in [2.75, 3.05) is 0 Å². The van der Waals surface area contributed by atoms with E-state index in [0.717, 1.165) is 24.1 Å². The highest BCUT2D eigenvalue weighted by atomic mass is 16.2. The molecule has 1 amide bonds. The Morgan fingerprint density at radius 2 is 2.14 bits per heavy atom. The topological polar surface area (TPSA) is 38.1 Å². The van der Waals surface area contributed by atoms with Gasteiger partial charge < -0.3 is 4.90 Å². The van der Waals surface area contributed by atoms with Crippen LogP contribution in [0.2, 0.25) is 0 Å². The van der Waals surface area contributed by atoms with Crippen LogP contribution in [0.3, 0.4) is 0 Å². The summed E-state index contributed by atoms with van der Waals surface area (Å²) in [4.78, 5) is 14.9. The molecule has 1 aromatic heterocycles. The number of aryl methyl sites for hydroxylation is 1. The zero-order valence-corrected chi connectivity index (χ0v) is 13.5. The van der Waals surface area contributed by atoms with E-state index in [1.54, 1.807) is 6.20 Å². The lowest BCUT2D eigenvalue weighted by Gasteiger charge is -2.23. The van der Waals surface area contributed by atoms with Crippen molar-refractivity contribution in [2.24, 2.45) is 7.05 Å². The van der Waals surface area contributed by atoms with Gasteiger partial charge in [-0.05, 0) is 42.5 Å². The third-order valence-corrected chi connectivity index (χ3v) is 4.30. The van der Waals surface area contributed by atoms with Gasteiger partial charge in [-0.15, -0.1) is 0 Å². The van der Waals surface area contributed by atoms with Crippen LogP contribution in [0.1, 0.15) is 54.2 Å². The molecule has 0 atom stereocenters. The summed E-state index contributed by atoms with van der Waals surface area (Å²) >= 11 is 0. The minimum Gasteiger partial charge on any atom is -0.330 e. The Bertz CT molecular complexity index is 670. The van der Waals surface area contributed by atoms with Crippen LogP contribution in [0.15, 0.2) is 36.5 Å². The Balaban J connectivity index is 1.84. The molecule has 1 heterocycles. The summed E-state index contributed by atoms with van der Waals surface area (Å²) in [6, 6.07) is 10.4. The summed E-state index contributed by atoms with van der Waals surface area (Å²) in [5.74, 6) is 0.561. The van der Waals surface area contributed by atoms with Crippen molar-refractivity contribution in [3.63, 3.8) is 0 Å². The van der Waals surface area contributed by atoms with E-state index < -0.39 is 0 Å². The molecule has 0 saturated heterocycles. The van der Waals surface area contributed by atoms with Gasteiger partial charge >= 0.3 is 0 Å². The van der Waals surface area contributed by atoms with Crippen molar-refractivity contribution >= 4 is 5.91 Å². The van der Waals surface area contributed by atoms with Gasteiger partial charge in [-0.3, -0.25) is 9.48 Å². The maximum Gasteiger partial charge on any atom is 0.254 e. The van der Waals surface area contributed by atoms with Gasteiger partial charge in [-0.1, -0.05) is 26.0 Å². The van der Waals surface area contributed by atoms with Crippen LogP contribution in [0.4, 0.5) is 0 Å². The van der Waals surface area contributed by atoms with Gasteiger partial charge in [0.1, 0.15) is 0 Å². The van der Waals surface area contributed by atoms with E-state index in [1.165, 1.54) is 5.56 Å². The molecule has 0 unspecified atom stereocenters. The molecule has 0 bridgehead atoms. The van der Waals surface area contributed by atoms with Gasteiger partial charge in [0.2, 0.25) is 0 Å². The first-order chi connectivity index (χ1) is 10.6. The number of hydrogen-bond acceptors (Lipinski definition) is 2. The second-order valence-corrected chi connectivity index (χ2v) is 6.39. The monoisotopic (exact) mass is 297 g/mol. The highest BCUT2D eigenvalue weighted by molar-refractivity contribution is 5.94. The number of nitrogens with zero attached hydrogens (tertiary/aromatic N) is 3. The molecule has 0 radical (unpaired) electrons. The first kappa shape index (κ1) is 14.8. The van der Waals surface area contributed by atoms with Gasteiger partial charge in [0.05, 0.1) is 12.2 Å². The maximum absolute atomic E-state index is 12.9. The van der Waals surface area contributed by atoms with Crippen molar-refractivity contribution in [2.45, 2.75) is 45.2 Å². The molecule has 116 valence electrons. The van der Waals surface area contributed by atoms with E-state index in [4.69, 9.17) is 0 Å². The summed E-state index contributed by atoms with van der Waals surface area (Å²) in [5.41, 5.74) is 3.07. The van der Waals surface area contributed by atoms with Gasteiger partial charge in [0, 0.05) is 24.8 Å². The Morgan fingerprint density at radius 3 is 2.73 bits per heavy atom. The third kappa shape index (κ3) is 3.06. The van der Waals surface area contributed by atoms with E-state index in [-0.39, 0.29) is 5.91 Å². The van der Waals surface area contributed by atoms with Gasteiger partial charge in [0.15, 0.2) is 0 Å². The van der Waals surface area contributed by atoms with Crippen LogP contribution < -0.4 is 0 Å². The number of amides is 1. The first-order valence-corrected chi connectivity index (χ1v) is 7.94. The summed E-state index contributed by atoms with van der Waals surface area (Å²) in [6.07, 6.45) is 3.99. The molecule has 0 N–H and O–H groups in total. The van der Waals surface area contributed by atoms with Crippen LogP contribution >= 0.6 is 0 Å². The van der Waals surface area contributed by atoms with Crippen LogP contribution in [0.25, 0.3) is 0 Å². The van der Waals surface area contributed by atoms with E-state index in [0.29, 0.717) is 18.5 Å². The largest absolute Gasteiger partial charge is 0.330 e. The number of hydrogen-bond donors (Lipinski definition) is 0. The molecule has 4 heteroatoms. The highest BCUT2D eigenvalue weighted by Gasteiger charge is 2.33. The predicted molar refractivity (Wildman–Crippen MR) is 86.6 cm³/mol. The molecular weight excluding hydrogens is 274 g/mol. The minimum absolute atomic E-state index is 0.131. The fourth-order valence-electron chi connectivity index (χ4n) is 2.68. The number of benzene rings is 1. The summed E-state index contributed by atoms with van der Waals surface area (Å²) in [7, 11) is 1.92. The molecule has 0 aliphatic heterocycles. The average Bonchev–Trinajstić information content (AvgIpc) is 3.27. The molecule has 1 fully saturated rings. The average molecular weight is 297 g/mol. The Labute approximate surface area is 131 Å². The summed E-state index contributed by atoms with van der Waals surface area (Å²) in [6.45, 7) is 4.93. The normalized spacial score (nSPS) is 14.4. The van der Waals surface area contributed by atoms with E-state index >= 15 is 0 Å². The molecule has 22 heavy (non-hydrogen) atoms. The van der Waals surface area contributed by atoms with Gasteiger partial charge in [-0.2, -0.15) is 5.10 Å². The first-order valence-electron chi connectivity index (χ1n) is 7.94. The van der Waals surface area contributed by atoms with Crippen molar-refractivity contribution in [1.29, 1.82) is 0 Å². The van der Waals surface area contributed by atoms with E-state index in [2.05, 4.69) is 25.0 Å². The van der Waals surface area contributed by atoms with E-state index in [1.807, 2.05) is 40.9 Å². The van der Waals surface area contributed by atoms with E-state index in [9.17, 15) is 4.79 Å². The quantitative estimate of drug-likeness (QED) is 0.849. The maximum atomic E-state index is 12.9. The summed E-state index contributed by atoms with van der Waals surface area (Å²) < 4.78 is 1.84. The number of rotatable bonds is 5. The lowest BCUT2D eigenvalue weighted by Crippen LogP contribution is -2.33. The smallest absolute Gasteiger partial charge is 0.254 e. The lowest BCUT2D eigenvalue weighted by molar-refractivity contribution is 0.0726. The predicted octanol–water partition coefficient (Wildman–Crippen LogP) is 3.35. The van der Waals surface area contributed by atoms with Crippen molar-refractivity contribution in [3.05, 3.63) is 53.3 Å². The van der Waals surface area contributed by atoms with Crippen molar-refractivity contribution < 1.29 is 4.79 Å². The third-order valence-electron chi connectivity index (χ3n) is 4.30. The lowest BCUT2D eigenvalue weighted by atomic mass is 10.0. The molecule has 2 aromatic rings. The standard InChI is InChI=1S/C18H23N3O/c1-13(2)14-5-4-6-15(11-14)18(22)21(16-7-8-16)12-17-9-10-19-20(17)3/h4-6,9-11,13,16H,7-8,12H2,1-3H3. The molecule has 4 nitrogen and oxygen atoms in total. The van der Waals surface area contributed by atoms with Crippen molar-refractivity contribution in [3.8, 4) is 0 Å². The summed E-state index contributed by atoms with van der Waals surface area (Å²) in [5, 5.41) is 4.20. The Kier molecular flexibility index (Phi) is 4.01. The zero-order valence-electron chi connectivity index (χ0n) is 13.5. The molecular formula is C18H23N3O. The molecule has 1 aliphatic carbocycles. The molecule has 3 rings (SSSR count). The Morgan fingerprint density at radius 1 is 1.36 bits per heavy atom. The van der Waals surface area contributed by atoms with Crippen LogP contribution in [0.5, 0.6) is 0 Å². The number of carbonyl (C=O) groups excluding carboxylic acids is 1. The van der Waals surface area contributed by atoms with Crippen LogP contribution in [0, 0.1) is 0 Å². The van der Waals surface area contributed by atoms with Crippen LogP contribution in [-0.4, -0.2) is 26.6 Å².